The summed E-state index contributed by atoms with van der Waals surface area (Å²) < 4.78 is 0. The first-order valence-electron chi connectivity index (χ1n) is 12.6. The molecule has 2 atom stereocenters. The zero-order valence-corrected chi connectivity index (χ0v) is 19.6. The van der Waals surface area contributed by atoms with Gasteiger partial charge in [0.1, 0.15) is 0 Å². The number of hydrogen-bond donors (Lipinski definition) is 0. The predicted octanol–water partition coefficient (Wildman–Crippen LogP) is 6.98. The summed E-state index contributed by atoms with van der Waals surface area (Å²) in [6, 6.07) is 29.6. The van der Waals surface area contributed by atoms with Crippen LogP contribution in [0.4, 0.5) is 0 Å². The molecule has 4 aromatic rings. The van der Waals surface area contributed by atoms with Crippen molar-refractivity contribution in [2.45, 2.75) is 24.7 Å². The Labute approximate surface area is 208 Å². The monoisotopic (exact) mass is 460 g/mol. The molecule has 36 heavy (non-hydrogen) atoms. The van der Waals surface area contributed by atoms with Gasteiger partial charge in [0, 0.05) is 40.0 Å². The molecule has 0 aromatic heterocycles. The summed E-state index contributed by atoms with van der Waals surface area (Å²) in [7, 11) is 0. The number of aryl methyl sites for hydroxylation is 1. The Balaban J connectivity index is 1.53. The average Bonchev–Trinajstić information content (AvgIpc) is 3.38. The van der Waals surface area contributed by atoms with Crippen LogP contribution in [-0.2, 0) is 0 Å². The van der Waals surface area contributed by atoms with E-state index in [1.807, 2.05) is 31.2 Å². The highest BCUT2D eigenvalue weighted by atomic mass is 16.1. The molecule has 0 amide bonds. The molecule has 0 heterocycles. The molecule has 168 valence electrons. The number of Topliss-reactive ketones (excluding diaryl/α,β-unsaturated/α-hetero) is 2. The van der Waals surface area contributed by atoms with Crippen LogP contribution in [0.1, 0.15) is 83.0 Å². The molecule has 0 radical (unpaired) electrons. The summed E-state index contributed by atoms with van der Waals surface area (Å²) in [5, 5.41) is 0. The van der Waals surface area contributed by atoms with Crippen molar-refractivity contribution in [3.05, 3.63) is 152 Å². The Morgan fingerprint density at radius 2 is 0.917 bits per heavy atom. The lowest BCUT2D eigenvalue weighted by Crippen LogP contribution is -2.28. The molecule has 0 saturated heterocycles. The summed E-state index contributed by atoms with van der Waals surface area (Å²) in [6.45, 7) is 1.99. The molecule has 0 N–H and O–H groups in total. The lowest BCUT2D eigenvalue weighted by atomic mass is 9.65. The van der Waals surface area contributed by atoms with E-state index in [-0.39, 0.29) is 29.3 Å². The van der Waals surface area contributed by atoms with Gasteiger partial charge in [-0.25, -0.2) is 0 Å². The molecule has 0 spiro atoms. The van der Waals surface area contributed by atoms with Crippen molar-refractivity contribution in [3.63, 3.8) is 0 Å². The third-order valence-electron chi connectivity index (χ3n) is 9.08. The van der Waals surface area contributed by atoms with E-state index in [1.54, 1.807) is 0 Å². The van der Waals surface area contributed by atoms with Crippen molar-refractivity contribution in [2.75, 3.05) is 0 Å². The zero-order valence-electron chi connectivity index (χ0n) is 19.6. The van der Waals surface area contributed by atoms with E-state index < -0.39 is 0 Å². The number of fused-ring (bicyclic) bond motifs is 9. The molecule has 0 aliphatic heterocycles. The highest BCUT2D eigenvalue weighted by Crippen LogP contribution is 2.67. The topological polar surface area (TPSA) is 34.1 Å². The smallest absolute Gasteiger partial charge is 0.194 e. The van der Waals surface area contributed by atoms with E-state index in [1.165, 1.54) is 33.4 Å². The molecule has 5 aliphatic rings. The van der Waals surface area contributed by atoms with E-state index >= 15 is 0 Å². The van der Waals surface area contributed by atoms with E-state index in [9.17, 15) is 9.59 Å². The van der Waals surface area contributed by atoms with Crippen molar-refractivity contribution in [3.8, 4) is 0 Å². The van der Waals surface area contributed by atoms with Gasteiger partial charge in [-0.3, -0.25) is 9.59 Å². The normalized spacial score (nSPS) is 23.3. The Morgan fingerprint density at radius 1 is 0.500 bits per heavy atom. The molecule has 2 nitrogen and oxygen atoms in total. The first-order chi connectivity index (χ1) is 17.6. The number of ketones is 2. The second-order valence-electron chi connectivity index (χ2n) is 10.7. The molecule has 5 aliphatic carbocycles. The third-order valence-corrected chi connectivity index (χ3v) is 9.08. The number of carbonyl (C=O) groups excluding carboxylic acids is 2. The molecular weight excluding hydrogens is 440 g/mol. The predicted molar refractivity (Wildman–Crippen MR) is 139 cm³/mol. The lowest BCUT2D eigenvalue weighted by Gasteiger charge is -2.36. The molecule has 4 aromatic carbocycles. The largest absolute Gasteiger partial charge is 0.289 e. The van der Waals surface area contributed by atoms with Crippen molar-refractivity contribution < 1.29 is 9.59 Å². The molecule has 0 saturated carbocycles. The number of carbonyl (C=O) groups is 2. The Hall–Kier alpha value is -4.30. The van der Waals surface area contributed by atoms with Gasteiger partial charge in [0.15, 0.2) is 11.6 Å². The van der Waals surface area contributed by atoms with Crippen LogP contribution in [0.15, 0.2) is 96.1 Å². The van der Waals surface area contributed by atoms with Crippen LogP contribution in [0.25, 0.3) is 11.1 Å². The van der Waals surface area contributed by atoms with E-state index in [0.29, 0.717) is 11.1 Å². The van der Waals surface area contributed by atoms with Gasteiger partial charge in [0.25, 0.3) is 0 Å². The van der Waals surface area contributed by atoms with E-state index in [2.05, 4.69) is 60.7 Å². The van der Waals surface area contributed by atoms with Crippen LogP contribution in [0.2, 0.25) is 0 Å². The first kappa shape index (κ1) is 19.0. The Morgan fingerprint density at radius 3 is 1.39 bits per heavy atom. The van der Waals surface area contributed by atoms with E-state index in [0.717, 1.165) is 33.4 Å². The average molecular weight is 461 g/mol. The maximum Gasteiger partial charge on any atom is 0.194 e. The van der Waals surface area contributed by atoms with Gasteiger partial charge in [0.2, 0.25) is 0 Å². The van der Waals surface area contributed by atoms with Gasteiger partial charge in [0.05, 0.1) is 0 Å². The minimum atomic E-state index is -0.0711. The maximum atomic E-state index is 14.3. The quantitative estimate of drug-likeness (QED) is 0.284. The molecule has 2 unspecified atom stereocenters. The van der Waals surface area contributed by atoms with Crippen molar-refractivity contribution in [1.29, 1.82) is 0 Å². The number of benzene rings is 4. The molecule has 0 bridgehead atoms. The SMILES string of the molecule is Cc1cc2c3c(c1)C(=O)C1=C4C3C3=C(C2=O)c2ccccc2C3c2ccccc2C4c2ccccc21. The fourth-order valence-corrected chi connectivity index (χ4v) is 7.96. The minimum absolute atomic E-state index is 0.0170. The Bertz CT molecular complexity index is 1720. The number of rotatable bonds is 0. The summed E-state index contributed by atoms with van der Waals surface area (Å²) >= 11 is 0. The highest BCUT2D eigenvalue weighted by molar-refractivity contribution is 6.38. The third kappa shape index (κ3) is 1.93. The lowest BCUT2D eigenvalue weighted by molar-refractivity contribution is 0.105. The first-order valence-corrected chi connectivity index (χ1v) is 12.6. The van der Waals surface area contributed by atoms with Crippen molar-refractivity contribution >= 4 is 22.7 Å². The zero-order chi connectivity index (χ0) is 23.9. The fourth-order valence-electron chi connectivity index (χ4n) is 7.96. The van der Waals surface area contributed by atoms with Crippen LogP contribution < -0.4 is 0 Å². The van der Waals surface area contributed by atoms with Crippen LogP contribution in [0.3, 0.4) is 0 Å². The van der Waals surface area contributed by atoms with Gasteiger partial charge in [-0.2, -0.15) is 0 Å². The molecular formula is C34H20O2. The van der Waals surface area contributed by atoms with Crippen LogP contribution in [-0.4, -0.2) is 11.6 Å². The van der Waals surface area contributed by atoms with Gasteiger partial charge in [-0.05, 0) is 74.7 Å². The summed E-state index contributed by atoms with van der Waals surface area (Å²) in [5.74, 6) is 0.101. The van der Waals surface area contributed by atoms with Gasteiger partial charge >= 0.3 is 0 Å². The van der Waals surface area contributed by atoms with Crippen LogP contribution in [0, 0.1) is 6.92 Å². The fraction of sp³-hybridized carbons (Fsp3) is 0.118. The van der Waals surface area contributed by atoms with Gasteiger partial charge in [-0.15, -0.1) is 0 Å². The van der Waals surface area contributed by atoms with Crippen molar-refractivity contribution in [2.24, 2.45) is 0 Å². The number of allylic oxidation sites excluding steroid dienone is 4. The highest BCUT2D eigenvalue weighted by Gasteiger charge is 2.55. The second kappa shape index (κ2) is 6.09. The molecule has 9 rings (SSSR count). The van der Waals surface area contributed by atoms with Crippen molar-refractivity contribution in [1.82, 2.24) is 0 Å². The summed E-state index contributed by atoms with van der Waals surface area (Å²) in [4.78, 5) is 28.5. The van der Waals surface area contributed by atoms with Gasteiger partial charge in [-0.1, -0.05) is 72.8 Å². The van der Waals surface area contributed by atoms with Crippen LogP contribution in [0.5, 0.6) is 0 Å². The Kier molecular flexibility index (Phi) is 3.21. The molecule has 0 fully saturated rings. The van der Waals surface area contributed by atoms with E-state index in [4.69, 9.17) is 0 Å². The van der Waals surface area contributed by atoms with Gasteiger partial charge < -0.3 is 0 Å². The number of hydrogen-bond acceptors (Lipinski definition) is 2. The minimum Gasteiger partial charge on any atom is -0.289 e. The molecule has 2 heteroatoms. The van der Waals surface area contributed by atoms with Crippen LogP contribution >= 0.6 is 0 Å². The maximum absolute atomic E-state index is 14.3. The second-order valence-corrected chi connectivity index (χ2v) is 10.7. The summed E-state index contributed by atoms with van der Waals surface area (Å²) in [6.07, 6.45) is 0. The standard InChI is InChI=1S/C34H20O2/c1-16-14-23-27-24(15-16)34(36)29-22-13-7-5-11-20(22)26-18-9-3-2-8-17(18)25-19-10-4-6-12-21(19)28(33(23)35)30(25)32(27)31(26)29/h2-15,25-26,32H,1H3. The summed E-state index contributed by atoms with van der Waals surface area (Å²) in [5.41, 5.74) is 14.5.